The zero-order valence-corrected chi connectivity index (χ0v) is 35.4. The summed E-state index contributed by atoms with van der Waals surface area (Å²) >= 11 is 0. The van der Waals surface area contributed by atoms with Crippen molar-refractivity contribution in [2.75, 3.05) is 26.2 Å². The highest BCUT2D eigenvalue weighted by Crippen LogP contribution is 2.62. The molecule has 54 heavy (non-hydrogen) atoms. The SMILES string of the molecule is Cc1cc(C(=O)N[C@H]2C(C)(C)[C@@H]3CC[C@@]2(C)C3)cc(S(=O)(=O)N2CC(C)OC(C)C2)c1C.Cc1cc(C(N)=O)cc(S(=O)(=O)N2CC(C)OC(C)C2)c1C. The van der Waals surface area contributed by atoms with Gasteiger partial charge >= 0.3 is 0 Å². The third-order valence-corrected chi connectivity index (χ3v) is 16.3. The van der Waals surface area contributed by atoms with E-state index in [0.29, 0.717) is 48.8 Å². The van der Waals surface area contributed by atoms with Gasteiger partial charge in [-0.3, -0.25) is 9.59 Å². The van der Waals surface area contributed by atoms with Crippen LogP contribution in [-0.4, -0.2) is 93.9 Å². The standard InChI is InChI=1S/C25H38N2O4S.C15H22N2O4S/c1-15-10-19(22(28)26-23-24(5,6)20-8-9-25(23,7)12-20)11-21(18(15)4)32(29,30)27-13-16(2)31-17(3)14-27;1-9-5-13(15(16)18)6-14(12(9)4)22(19,20)17-7-10(2)21-11(3)8-17/h10-11,16-17,20,23H,8-9,12-14H2,1-7H3,(H,26,28);5-6,10-11H,7-8H2,1-4H3,(H2,16,18)/t16?,17?,20-,23+,25+;/m1./s1. The maximum atomic E-state index is 13.6. The summed E-state index contributed by atoms with van der Waals surface area (Å²) in [6.07, 6.45) is 2.83. The topological polar surface area (TPSA) is 165 Å². The number of carbonyl (C=O) groups excluding carboxylic acids is 2. The lowest BCUT2D eigenvalue weighted by atomic mass is 9.68. The molecule has 0 radical (unpaired) electrons. The normalized spacial score (nSPS) is 30.1. The van der Waals surface area contributed by atoms with Crippen LogP contribution in [0.1, 0.15) is 111 Å². The minimum absolute atomic E-state index is 0.0391. The average molecular weight is 789 g/mol. The zero-order valence-electron chi connectivity index (χ0n) is 33.8. The second-order valence-corrected chi connectivity index (χ2v) is 21.0. The van der Waals surface area contributed by atoms with Gasteiger partial charge in [-0.1, -0.05) is 20.8 Å². The fourth-order valence-corrected chi connectivity index (χ4v) is 13.1. The Kier molecular flexibility index (Phi) is 11.9. The predicted octanol–water partition coefficient (Wildman–Crippen LogP) is 5.25. The van der Waals surface area contributed by atoms with Crippen molar-refractivity contribution in [1.82, 2.24) is 13.9 Å². The molecule has 4 fully saturated rings. The first-order chi connectivity index (χ1) is 24.9. The largest absolute Gasteiger partial charge is 0.373 e. The molecule has 2 saturated heterocycles. The second kappa shape index (κ2) is 15.2. The third-order valence-electron chi connectivity index (χ3n) is 12.3. The third kappa shape index (κ3) is 8.15. The van der Waals surface area contributed by atoms with Gasteiger partial charge in [0.05, 0.1) is 34.2 Å². The molecule has 2 heterocycles. The minimum Gasteiger partial charge on any atom is -0.373 e. The summed E-state index contributed by atoms with van der Waals surface area (Å²) in [6, 6.07) is 6.45. The number of nitrogens with zero attached hydrogens (tertiary/aromatic N) is 2. The van der Waals surface area contributed by atoms with Crippen LogP contribution < -0.4 is 11.1 Å². The lowest BCUT2D eigenvalue weighted by molar-refractivity contribution is -0.0442. The summed E-state index contributed by atoms with van der Waals surface area (Å²) in [7, 11) is -7.43. The van der Waals surface area contributed by atoms with Crippen LogP contribution in [0.15, 0.2) is 34.1 Å². The molecule has 2 saturated carbocycles. The Morgan fingerprint density at radius 1 is 0.722 bits per heavy atom. The van der Waals surface area contributed by atoms with E-state index >= 15 is 0 Å². The number of amides is 2. The van der Waals surface area contributed by atoms with E-state index in [2.05, 4.69) is 26.1 Å². The summed E-state index contributed by atoms with van der Waals surface area (Å²) in [4.78, 5) is 25.2. The van der Waals surface area contributed by atoms with E-state index < -0.39 is 26.0 Å². The lowest BCUT2D eigenvalue weighted by Gasteiger charge is -2.43. The van der Waals surface area contributed by atoms with Gasteiger partial charge in [0.25, 0.3) is 5.91 Å². The molecule has 300 valence electrons. The van der Waals surface area contributed by atoms with Crippen LogP contribution >= 0.6 is 0 Å². The highest BCUT2D eigenvalue weighted by molar-refractivity contribution is 7.89. The van der Waals surface area contributed by atoms with E-state index in [9.17, 15) is 26.4 Å². The smallest absolute Gasteiger partial charge is 0.251 e. The molecule has 2 aromatic carbocycles. The molecule has 2 amide bonds. The lowest BCUT2D eigenvalue weighted by Crippen LogP contribution is -2.52. The van der Waals surface area contributed by atoms with Crippen LogP contribution in [0.3, 0.4) is 0 Å². The first-order valence-corrected chi connectivity index (χ1v) is 21.9. The van der Waals surface area contributed by atoms with Gasteiger partial charge in [-0.15, -0.1) is 0 Å². The Balaban J connectivity index is 0.000000223. The van der Waals surface area contributed by atoms with E-state index in [0.717, 1.165) is 24.0 Å². The fraction of sp³-hybridized carbons (Fsp3) is 0.650. The van der Waals surface area contributed by atoms with Crippen molar-refractivity contribution in [1.29, 1.82) is 0 Å². The number of hydrogen-bond acceptors (Lipinski definition) is 8. The molecule has 6 rings (SSSR count). The van der Waals surface area contributed by atoms with Gasteiger partial charge in [0.15, 0.2) is 0 Å². The van der Waals surface area contributed by atoms with Crippen LogP contribution in [0.25, 0.3) is 0 Å². The highest BCUT2D eigenvalue weighted by Gasteiger charge is 2.59. The molecule has 2 aliphatic carbocycles. The number of benzene rings is 2. The Morgan fingerprint density at radius 2 is 1.13 bits per heavy atom. The molecule has 4 unspecified atom stereocenters. The van der Waals surface area contributed by atoms with Crippen LogP contribution in [-0.2, 0) is 29.5 Å². The molecular formula is C40H60N4O8S2. The Morgan fingerprint density at radius 3 is 1.52 bits per heavy atom. The van der Waals surface area contributed by atoms with Gasteiger partial charge in [0.1, 0.15) is 0 Å². The predicted molar refractivity (Wildman–Crippen MR) is 208 cm³/mol. The number of carbonyl (C=O) groups is 2. The number of morpholine rings is 2. The van der Waals surface area contributed by atoms with Crippen LogP contribution in [0.5, 0.6) is 0 Å². The van der Waals surface area contributed by atoms with E-state index in [4.69, 9.17) is 15.2 Å². The number of hydrogen-bond donors (Lipinski definition) is 2. The first kappa shape index (κ1) is 42.3. The number of nitrogens with one attached hydrogen (secondary N) is 1. The van der Waals surface area contributed by atoms with Gasteiger partial charge in [-0.05, 0) is 138 Å². The Bertz CT molecular complexity index is 1990. The maximum absolute atomic E-state index is 13.6. The number of fused-ring (bicyclic) bond motifs is 2. The molecule has 0 spiro atoms. The van der Waals surface area contributed by atoms with E-state index in [-0.39, 0.29) is 62.5 Å². The van der Waals surface area contributed by atoms with Gasteiger partial charge in [0.2, 0.25) is 26.0 Å². The molecule has 12 nitrogen and oxygen atoms in total. The van der Waals surface area contributed by atoms with Crippen molar-refractivity contribution in [3.8, 4) is 0 Å². The summed E-state index contributed by atoms with van der Waals surface area (Å²) in [5.74, 6) is -0.192. The van der Waals surface area contributed by atoms with Crippen molar-refractivity contribution in [3.05, 3.63) is 57.6 Å². The fourth-order valence-electron chi connectivity index (χ4n) is 9.27. The number of primary amides is 1. The molecular weight excluding hydrogens is 729 g/mol. The Labute approximate surface area is 322 Å². The summed E-state index contributed by atoms with van der Waals surface area (Å²) in [5, 5.41) is 3.31. The van der Waals surface area contributed by atoms with Crippen molar-refractivity contribution >= 4 is 31.9 Å². The van der Waals surface area contributed by atoms with Crippen molar-refractivity contribution in [2.24, 2.45) is 22.5 Å². The summed E-state index contributed by atoms with van der Waals surface area (Å²) < 4.78 is 67.2. The average Bonchev–Trinajstić information content (AvgIpc) is 3.55. The monoisotopic (exact) mass is 788 g/mol. The molecule has 2 bridgehead atoms. The molecule has 3 N–H and O–H groups in total. The van der Waals surface area contributed by atoms with E-state index in [1.165, 1.54) is 21.1 Å². The zero-order chi connectivity index (χ0) is 40.3. The second-order valence-electron chi connectivity index (χ2n) is 17.2. The Hall–Kier alpha value is -2.88. The number of nitrogens with two attached hydrogens (primary N) is 1. The highest BCUT2D eigenvalue weighted by atomic mass is 32.2. The van der Waals surface area contributed by atoms with Gasteiger partial charge in [0, 0.05) is 43.3 Å². The minimum atomic E-state index is -3.73. The first-order valence-electron chi connectivity index (χ1n) is 19.0. The maximum Gasteiger partial charge on any atom is 0.251 e. The number of ether oxygens (including phenoxy) is 2. The molecule has 2 aliphatic heterocycles. The van der Waals surface area contributed by atoms with Gasteiger partial charge < -0.3 is 20.5 Å². The molecule has 4 aliphatic rings. The summed E-state index contributed by atoms with van der Waals surface area (Å²) in [6.45, 7) is 22.7. The quantitative estimate of drug-likeness (QED) is 0.384. The van der Waals surface area contributed by atoms with Gasteiger partial charge in [-0.25, -0.2) is 16.8 Å². The number of sulfonamides is 2. The molecule has 7 atom stereocenters. The van der Waals surface area contributed by atoms with Crippen molar-refractivity contribution in [3.63, 3.8) is 0 Å². The van der Waals surface area contributed by atoms with Crippen LogP contribution in [0.2, 0.25) is 0 Å². The van der Waals surface area contributed by atoms with E-state index in [1.54, 1.807) is 26.0 Å². The molecule has 2 aromatic rings. The number of aryl methyl sites for hydroxylation is 2. The van der Waals surface area contributed by atoms with Crippen LogP contribution in [0, 0.1) is 44.4 Å². The molecule has 14 heteroatoms. The molecule has 0 aromatic heterocycles. The van der Waals surface area contributed by atoms with Gasteiger partial charge in [-0.2, -0.15) is 8.61 Å². The van der Waals surface area contributed by atoms with Crippen molar-refractivity contribution < 1.29 is 35.9 Å². The van der Waals surface area contributed by atoms with Crippen molar-refractivity contribution in [2.45, 2.75) is 136 Å². The van der Waals surface area contributed by atoms with Crippen LogP contribution in [0.4, 0.5) is 0 Å². The summed E-state index contributed by atoms with van der Waals surface area (Å²) in [5.41, 5.74) is 8.94. The number of rotatable bonds is 7. The van der Waals surface area contributed by atoms with E-state index in [1.807, 2.05) is 47.6 Å².